The second-order valence-electron chi connectivity index (χ2n) is 6.01. The van der Waals surface area contributed by atoms with Crippen molar-refractivity contribution in [2.45, 2.75) is 25.9 Å². The SMILES string of the molecule is CC(=O)NC(CC(=O)OCC(=O)N(C)Cc1ccc(F)cc1)c1cccs1. The normalized spacial score (nSPS) is 11.5. The van der Waals surface area contributed by atoms with Gasteiger partial charge in [-0.3, -0.25) is 14.4 Å². The molecule has 2 aromatic rings. The Bertz CT molecular complexity index is 778. The van der Waals surface area contributed by atoms with Crippen LogP contribution in [-0.2, 0) is 25.7 Å². The van der Waals surface area contributed by atoms with Gasteiger partial charge in [0.2, 0.25) is 5.91 Å². The monoisotopic (exact) mass is 392 g/mol. The number of thiophene rings is 1. The number of carbonyl (C=O) groups is 3. The topological polar surface area (TPSA) is 75.7 Å². The van der Waals surface area contributed by atoms with Gasteiger partial charge in [-0.1, -0.05) is 18.2 Å². The van der Waals surface area contributed by atoms with E-state index < -0.39 is 18.6 Å². The smallest absolute Gasteiger partial charge is 0.308 e. The first-order chi connectivity index (χ1) is 12.8. The van der Waals surface area contributed by atoms with E-state index in [1.54, 1.807) is 19.2 Å². The van der Waals surface area contributed by atoms with E-state index >= 15 is 0 Å². The lowest BCUT2D eigenvalue weighted by molar-refractivity contribution is -0.152. The van der Waals surface area contributed by atoms with Gasteiger partial charge < -0.3 is 15.0 Å². The molecular formula is C19H21FN2O4S. The number of halogens is 1. The number of esters is 1. The Labute approximate surface area is 160 Å². The molecule has 2 amide bonds. The third-order valence-corrected chi connectivity index (χ3v) is 4.74. The summed E-state index contributed by atoms with van der Waals surface area (Å²) in [5.74, 6) is -1.55. The van der Waals surface area contributed by atoms with Crippen molar-refractivity contribution in [3.63, 3.8) is 0 Å². The average molecular weight is 392 g/mol. The van der Waals surface area contributed by atoms with Crippen LogP contribution in [0, 0.1) is 5.82 Å². The van der Waals surface area contributed by atoms with Crippen LogP contribution in [0.4, 0.5) is 4.39 Å². The number of hydrogen-bond acceptors (Lipinski definition) is 5. The van der Waals surface area contributed by atoms with Crippen LogP contribution in [0.15, 0.2) is 41.8 Å². The van der Waals surface area contributed by atoms with Crippen molar-refractivity contribution in [3.05, 3.63) is 58.0 Å². The zero-order chi connectivity index (χ0) is 19.8. The number of benzene rings is 1. The van der Waals surface area contributed by atoms with Gasteiger partial charge in [-0.2, -0.15) is 0 Å². The van der Waals surface area contributed by atoms with Crippen molar-refractivity contribution >= 4 is 29.1 Å². The lowest BCUT2D eigenvalue weighted by Gasteiger charge is -2.18. The van der Waals surface area contributed by atoms with Gasteiger partial charge in [0.05, 0.1) is 12.5 Å². The molecule has 1 unspecified atom stereocenters. The van der Waals surface area contributed by atoms with Gasteiger partial charge >= 0.3 is 5.97 Å². The lowest BCUT2D eigenvalue weighted by Crippen LogP contribution is -2.32. The molecule has 27 heavy (non-hydrogen) atoms. The highest BCUT2D eigenvalue weighted by molar-refractivity contribution is 7.10. The van der Waals surface area contributed by atoms with Gasteiger partial charge in [0.15, 0.2) is 6.61 Å². The number of nitrogens with one attached hydrogen (secondary N) is 1. The fraction of sp³-hybridized carbons (Fsp3) is 0.316. The number of likely N-dealkylation sites (N-methyl/N-ethyl adjacent to an activating group) is 1. The summed E-state index contributed by atoms with van der Waals surface area (Å²) in [6.45, 7) is 1.26. The van der Waals surface area contributed by atoms with Crippen LogP contribution in [0.2, 0.25) is 0 Å². The summed E-state index contributed by atoms with van der Waals surface area (Å²) in [5.41, 5.74) is 0.766. The van der Waals surface area contributed by atoms with E-state index in [1.807, 2.05) is 17.5 Å². The van der Waals surface area contributed by atoms with Crippen LogP contribution in [-0.4, -0.2) is 36.3 Å². The van der Waals surface area contributed by atoms with Crippen LogP contribution in [0.1, 0.15) is 29.8 Å². The highest BCUT2D eigenvalue weighted by Gasteiger charge is 2.20. The maximum Gasteiger partial charge on any atom is 0.308 e. The Kier molecular flexibility index (Phi) is 7.48. The minimum atomic E-state index is -0.578. The van der Waals surface area contributed by atoms with E-state index in [0.29, 0.717) is 0 Å². The first-order valence-corrected chi connectivity index (χ1v) is 9.17. The van der Waals surface area contributed by atoms with Crippen molar-refractivity contribution in [2.75, 3.05) is 13.7 Å². The molecule has 0 saturated heterocycles. The number of hydrogen-bond donors (Lipinski definition) is 1. The highest BCUT2D eigenvalue weighted by atomic mass is 32.1. The molecule has 0 aliphatic carbocycles. The highest BCUT2D eigenvalue weighted by Crippen LogP contribution is 2.22. The fourth-order valence-electron chi connectivity index (χ4n) is 2.39. The minimum absolute atomic E-state index is 0.0605. The van der Waals surface area contributed by atoms with Gasteiger partial charge in [0, 0.05) is 25.4 Å². The summed E-state index contributed by atoms with van der Waals surface area (Å²) >= 11 is 1.42. The predicted octanol–water partition coefficient (Wildman–Crippen LogP) is 2.66. The van der Waals surface area contributed by atoms with Crippen LogP contribution in [0.3, 0.4) is 0 Å². The Morgan fingerprint density at radius 2 is 1.93 bits per heavy atom. The van der Waals surface area contributed by atoms with E-state index in [-0.39, 0.29) is 30.6 Å². The molecule has 0 bridgehead atoms. The van der Waals surface area contributed by atoms with E-state index in [9.17, 15) is 18.8 Å². The Hall–Kier alpha value is -2.74. The summed E-state index contributed by atoms with van der Waals surface area (Å²) < 4.78 is 18.0. The molecule has 1 aromatic carbocycles. The fourth-order valence-corrected chi connectivity index (χ4v) is 3.17. The van der Waals surface area contributed by atoms with E-state index in [1.165, 1.54) is 35.3 Å². The summed E-state index contributed by atoms with van der Waals surface area (Å²) in [7, 11) is 1.57. The molecule has 144 valence electrons. The van der Waals surface area contributed by atoms with Gasteiger partial charge in [0.25, 0.3) is 5.91 Å². The number of nitrogens with zero attached hydrogens (tertiary/aromatic N) is 1. The number of carbonyl (C=O) groups excluding carboxylic acids is 3. The Morgan fingerprint density at radius 1 is 1.22 bits per heavy atom. The van der Waals surface area contributed by atoms with Gasteiger partial charge in [-0.25, -0.2) is 4.39 Å². The van der Waals surface area contributed by atoms with E-state index in [0.717, 1.165) is 10.4 Å². The van der Waals surface area contributed by atoms with Gasteiger partial charge in [0.1, 0.15) is 5.82 Å². The summed E-state index contributed by atoms with van der Waals surface area (Å²) in [5, 5.41) is 4.56. The van der Waals surface area contributed by atoms with Crippen LogP contribution in [0.25, 0.3) is 0 Å². The molecule has 1 atom stereocenters. The Morgan fingerprint density at radius 3 is 2.52 bits per heavy atom. The van der Waals surface area contributed by atoms with Gasteiger partial charge in [-0.05, 0) is 29.1 Å². The molecule has 8 heteroatoms. The Balaban J connectivity index is 1.83. The van der Waals surface area contributed by atoms with Crippen molar-refractivity contribution in [1.82, 2.24) is 10.2 Å². The first kappa shape index (κ1) is 20.6. The third kappa shape index (κ3) is 6.82. The van der Waals surface area contributed by atoms with E-state index in [2.05, 4.69) is 5.32 Å². The minimum Gasteiger partial charge on any atom is -0.455 e. The van der Waals surface area contributed by atoms with Crippen LogP contribution in [0.5, 0.6) is 0 Å². The maximum atomic E-state index is 12.9. The maximum absolute atomic E-state index is 12.9. The molecule has 0 aliphatic rings. The summed E-state index contributed by atoms with van der Waals surface area (Å²) in [6.07, 6.45) is -0.0605. The number of ether oxygens (including phenoxy) is 1. The number of amides is 2. The third-order valence-electron chi connectivity index (χ3n) is 3.75. The molecule has 0 fully saturated rings. The summed E-state index contributed by atoms with van der Waals surface area (Å²) in [4.78, 5) is 37.8. The molecule has 6 nitrogen and oxygen atoms in total. The molecule has 1 N–H and O–H groups in total. The van der Waals surface area contributed by atoms with E-state index in [4.69, 9.17) is 4.74 Å². The molecule has 1 aromatic heterocycles. The van der Waals surface area contributed by atoms with Crippen LogP contribution < -0.4 is 5.32 Å². The molecule has 2 rings (SSSR count). The average Bonchev–Trinajstić information content (AvgIpc) is 3.15. The first-order valence-electron chi connectivity index (χ1n) is 8.29. The van der Waals surface area contributed by atoms with Gasteiger partial charge in [-0.15, -0.1) is 11.3 Å². The van der Waals surface area contributed by atoms with Crippen molar-refractivity contribution in [1.29, 1.82) is 0 Å². The largest absolute Gasteiger partial charge is 0.455 e. The van der Waals surface area contributed by atoms with Crippen molar-refractivity contribution in [3.8, 4) is 0 Å². The second kappa shape index (κ2) is 9.82. The molecule has 0 spiro atoms. The van der Waals surface area contributed by atoms with Crippen molar-refractivity contribution < 1.29 is 23.5 Å². The standard InChI is InChI=1S/C19H21FN2O4S/c1-13(23)21-16(17-4-3-9-27-17)10-19(25)26-12-18(24)22(2)11-14-5-7-15(20)8-6-14/h3-9,16H,10-12H2,1-2H3,(H,21,23). The van der Waals surface area contributed by atoms with Crippen molar-refractivity contribution in [2.24, 2.45) is 0 Å². The second-order valence-corrected chi connectivity index (χ2v) is 6.99. The zero-order valence-corrected chi connectivity index (χ0v) is 15.9. The molecule has 0 aliphatic heterocycles. The quantitative estimate of drug-likeness (QED) is 0.701. The zero-order valence-electron chi connectivity index (χ0n) is 15.1. The molecule has 1 heterocycles. The number of rotatable bonds is 8. The summed E-state index contributed by atoms with van der Waals surface area (Å²) in [6, 6.07) is 8.98. The molecule has 0 saturated carbocycles. The molecular weight excluding hydrogens is 371 g/mol. The molecule has 0 radical (unpaired) electrons. The lowest BCUT2D eigenvalue weighted by atomic mass is 10.1. The predicted molar refractivity (Wildman–Crippen MR) is 99.3 cm³/mol. The van der Waals surface area contributed by atoms with Crippen LogP contribution >= 0.6 is 11.3 Å².